The van der Waals surface area contributed by atoms with Gasteiger partial charge in [-0.2, -0.15) is 0 Å². The molecule has 0 bridgehead atoms. The van der Waals surface area contributed by atoms with E-state index >= 15 is 4.39 Å². The first-order valence-corrected chi connectivity index (χ1v) is 10.2. The fourth-order valence-corrected chi connectivity index (χ4v) is 3.56. The highest BCUT2D eigenvalue weighted by molar-refractivity contribution is 5.70. The maximum atomic E-state index is 15.5. The first kappa shape index (κ1) is 20.8. The average molecular weight is 422 g/mol. The van der Waals surface area contributed by atoms with Gasteiger partial charge in [-0.15, -0.1) is 0 Å². The van der Waals surface area contributed by atoms with Gasteiger partial charge in [0, 0.05) is 29.1 Å². The summed E-state index contributed by atoms with van der Waals surface area (Å²) in [6.07, 6.45) is 3.07. The second-order valence-corrected chi connectivity index (χ2v) is 8.12. The molecule has 0 saturated carbocycles. The molecule has 0 amide bonds. The predicted octanol–water partition coefficient (Wildman–Crippen LogP) is 5.44. The monoisotopic (exact) mass is 422 g/mol. The fourth-order valence-electron chi connectivity index (χ4n) is 3.56. The van der Waals surface area contributed by atoms with Crippen molar-refractivity contribution >= 4 is 5.65 Å². The number of benzene rings is 2. The van der Waals surface area contributed by atoms with E-state index in [0.29, 0.717) is 40.5 Å². The van der Waals surface area contributed by atoms with Crippen LogP contribution in [0.3, 0.4) is 0 Å². The third-order valence-electron chi connectivity index (χ3n) is 5.14. The number of aryl methyl sites for hydroxylation is 1. The maximum Gasteiger partial charge on any atom is 0.260 e. The predicted molar refractivity (Wildman–Crippen MR) is 118 cm³/mol. The van der Waals surface area contributed by atoms with Gasteiger partial charge in [-0.1, -0.05) is 44.2 Å². The molecule has 0 aliphatic heterocycles. The molecule has 0 aliphatic carbocycles. The third kappa shape index (κ3) is 4.10. The number of fused-ring (bicyclic) bond motifs is 1. The minimum atomic E-state index is -0.524. The van der Waals surface area contributed by atoms with Crippen LogP contribution in [0, 0.1) is 24.5 Å². The van der Waals surface area contributed by atoms with Crippen LogP contribution in [0.5, 0.6) is 5.75 Å². The number of aromatic nitrogens is 2. The van der Waals surface area contributed by atoms with E-state index in [4.69, 9.17) is 4.74 Å². The highest BCUT2D eigenvalue weighted by Crippen LogP contribution is 2.29. The van der Waals surface area contributed by atoms with Gasteiger partial charge in [0.05, 0.1) is 13.2 Å². The van der Waals surface area contributed by atoms with Crippen molar-refractivity contribution in [3.05, 3.63) is 94.0 Å². The molecule has 0 saturated heterocycles. The van der Waals surface area contributed by atoms with Crippen molar-refractivity contribution < 1.29 is 13.5 Å². The lowest BCUT2D eigenvalue weighted by Gasteiger charge is -2.11. The van der Waals surface area contributed by atoms with Gasteiger partial charge in [0.2, 0.25) is 0 Å². The molecule has 2 heterocycles. The number of hydrogen-bond donors (Lipinski definition) is 0. The standard InChI is InChI=1S/C25H24F2N2O2/c1-16(2)15-31-20-10-8-18(9-11-20)21-14-29-24(23(21)27)28(12-17(3)25(29)30)13-19-6-4-5-7-22(19)26/h4-12,14,16H,13,15H2,1-3H3. The summed E-state index contributed by atoms with van der Waals surface area (Å²) in [6, 6.07) is 13.5. The summed E-state index contributed by atoms with van der Waals surface area (Å²) in [6.45, 7) is 6.50. The molecule has 4 aromatic rings. The molecule has 0 atom stereocenters. The summed E-state index contributed by atoms with van der Waals surface area (Å²) in [5.74, 6) is 0.208. The van der Waals surface area contributed by atoms with Gasteiger partial charge in [-0.3, -0.25) is 9.20 Å². The Labute approximate surface area is 179 Å². The molecule has 31 heavy (non-hydrogen) atoms. The minimum absolute atomic E-state index is 0.106. The largest absolute Gasteiger partial charge is 0.493 e. The van der Waals surface area contributed by atoms with E-state index in [1.54, 1.807) is 60.2 Å². The molecule has 160 valence electrons. The van der Waals surface area contributed by atoms with Gasteiger partial charge in [-0.25, -0.2) is 8.78 Å². The van der Waals surface area contributed by atoms with E-state index in [0.717, 1.165) is 0 Å². The van der Waals surface area contributed by atoms with Gasteiger partial charge < -0.3 is 9.30 Å². The molecular formula is C25H24F2N2O2. The van der Waals surface area contributed by atoms with Crippen molar-refractivity contribution in [3.8, 4) is 16.9 Å². The first-order valence-electron chi connectivity index (χ1n) is 10.2. The Morgan fingerprint density at radius 1 is 1.00 bits per heavy atom. The van der Waals surface area contributed by atoms with E-state index in [1.165, 1.54) is 16.7 Å². The molecule has 6 heteroatoms. The van der Waals surface area contributed by atoms with E-state index in [1.807, 2.05) is 0 Å². The summed E-state index contributed by atoms with van der Waals surface area (Å²) in [5.41, 5.74) is 1.60. The SMILES string of the molecule is Cc1cn(Cc2ccccc2F)c2c(F)c(-c3ccc(OCC(C)C)cc3)cn2c1=O. The van der Waals surface area contributed by atoms with Crippen molar-refractivity contribution in [3.63, 3.8) is 0 Å². The zero-order chi connectivity index (χ0) is 22.1. The lowest BCUT2D eigenvalue weighted by atomic mass is 10.1. The zero-order valence-electron chi connectivity index (χ0n) is 17.7. The molecule has 4 rings (SSSR count). The summed E-state index contributed by atoms with van der Waals surface area (Å²) >= 11 is 0. The number of nitrogens with zero attached hydrogens (tertiary/aromatic N) is 2. The lowest BCUT2D eigenvalue weighted by molar-refractivity contribution is 0.271. The maximum absolute atomic E-state index is 15.5. The molecule has 0 spiro atoms. The Hall–Kier alpha value is -3.41. The van der Waals surface area contributed by atoms with Gasteiger partial charge in [0.25, 0.3) is 5.56 Å². The van der Waals surface area contributed by atoms with Crippen molar-refractivity contribution in [2.75, 3.05) is 6.61 Å². The van der Waals surface area contributed by atoms with Gasteiger partial charge >= 0.3 is 0 Å². The van der Waals surface area contributed by atoms with Crippen LogP contribution in [-0.4, -0.2) is 15.6 Å². The summed E-state index contributed by atoms with van der Waals surface area (Å²) in [5, 5.41) is 0. The van der Waals surface area contributed by atoms with Crippen LogP contribution < -0.4 is 10.3 Å². The van der Waals surface area contributed by atoms with E-state index < -0.39 is 5.82 Å². The highest BCUT2D eigenvalue weighted by Gasteiger charge is 2.19. The molecule has 2 aromatic heterocycles. The number of rotatable bonds is 6. The Morgan fingerprint density at radius 2 is 1.71 bits per heavy atom. The van der Waals surface area contributed by atoms with Gasteiger partial charge in [0.1, 0.15) is 11.6 Å². The molecule has 0 N–H and O–H groups in total. The smallest absolute Gasteiger partial charge is 0.260 e. The van der Waals surface area contributed by atoms with Crippen LogP contribution >= 0.6 is 0 Å². The number of halogens is 2. The summed E-state index contributed by atoms with van der Waals surface area (Å²) in [7, 11) is 0. The van der Waals surface area contributed by atoms with Crippen molar-refractivity contribution in [2.24, 2.45) is 5.92 Å². The molecule has 0 unspecified atom stereocenters. The third-order valence-corrected chi connectivity index (χ3v) is 5.14. The second kappa shape index (κ2) is 8.38. The van der Waals surface area contributed by atoms with E-state index in [9.17, 15) is 9.18 Å². The van der Waals surface area contributed by atoms with E-state index in [-0.39, 0.29) is 23.6 Å². The summed E-state index contributed by atoms with van der Waals surface area (Å²) < 4.78 is 38.3. The Morgan fingerprint density at radius 3 is 2.39 bits per heavy atom. The van der Waals surface area contributed by atoms with Crippen LogP contribution in [0.4, 0.5) is 8.78 Å². The molecule has 2 aromatic carbocycles. The Balaban J connectivity index is 1.78. The van der Waals surface area contributed by atoms with Gasteiger partial charge in [-0.05, 0) is 36.6 Å². The normalized spacial score (nSPS) is 11.4. The van der Waals surface area contributed by atoms with Crippen LogP contribution in [-0.2, 0) is 6.54 Å². The van der Waals surface area contributed by atoms with E-state index in [2.05, 4.69) is 13.8 Å². The van der Waals surface area contributed by atoms with Crippen LogP contribution in [0.15, 0.2) is 65.7 Å². The zero-order valence-corrected chi connectivity index (χ0v) is 17.7. The van der Waals surface area contributed by atoms with Crippen molar-refractivity contribution in [2.45, 2.75) is 27.3 Å². The fraction of sp³-hybridized carbons (Fsp3) is 0.240. The molecular weight excluding hydrogens is 398 g/mol. The van der Waals surface area contributed by atoms with Crippen molar-refractivity contribution in [1.82, 2.24) is 8.97 Å². The number of hydrogen-bond acceptors (Lipinski definition) is 2. The topological polar surface area (TPSA) is 35.6 Å². The average Bonchev–Trinajstić information content (AvgIpc) is 3.10. The quantitative estimate of drug-likeness (QED) is 0.415. The Bertz CT molecular complexity index is 1290. The van der Waals surface area contributed by atoms with Crippen LogP contribution in [0.2, 0.25) is 0 Å². The van der Waals surface area contributed by atoms with Gasteiger partial charge in [0.15, 0.2) is 11.5 Å². The molecule has 0 aliphatic rings. The van der Waals surface area contributed by atoms with Crippen molar-refractivity contribution in [1.29, 1.82) is 0 Å². The minimum Gasteiger partial charge on any atom is -0.493 e. The number of ether oxygens (including phenoxy) is 1. The molecule has 4 nitrogen and oxygen atoms in total. The summed E-state index contributed by atoms with van der Waals surface area (Å²) in [4.78, 5) is 12.7. The Kier molecular flexibility index (Phi) is 5.63. The second-order valence-electron chi connectivity index (χ2n) is 8.12. The van der Waals surface area contributed by atoms with Crippen LogP contribution in [0.1, 0.15) is 25.0 Å². The molecule has 0 radical (unpaired) electrons. The lowest BCUT2D eigenvalue weighted by Crippen LogP contribution is -2.20. The highest BCUT2D eigenvalue weighted by atomic mass is 19.1. The molecule has 0 fully saturated rings. The first-order chi connectivity index (χ1) is 14.8. The van der Waals surface area contributed by atoms with Crippen LogP contribution in [0.25, 0.3) is 16.8 Å².